The number of alkyl halides is 3. The maximum absolute atomic E-state index is 12.8. The van der Waals surface area contributed by atoms with E-state index in [9.17, 15) is 18.0 Å². The average molecular weight is 298 g/mol. The summed E-state index contributed by atoms with van der Waals surface area (Å²) in [5.41, 5.74) is 0.137. The van der Waals surface area contributed by atoms with Crippen LogP contribution in [0.2, 0.25) is 0 Å². The van der Waals surface area contributed by atoms with E-state index in [1.54, 1.807) is 31.2 Å². The second kappa shape index (κ2) is 5.59. The summed E-state index contributed by atoms with van der Waals surface area (Å²) in [6, 6.07) is 7.62. The number of hydrogen-bond donors (Lipinski definition) is 0. The van der Waals surface area contributed by atoms with Gasteiger partial charge in [-0.1, -0.05) is 18.2 Å². The Morgan fingerprint density at radius 2 is 2.00 bits per heavy atom. The lowest BCUT2D eigenvalue weighted by atomic mass is 10.2. The van der Waals surface area contributed by atoms with Gasteiger partial charge in [0, 0.05) is 6.07 Å². The second-order valence-corrected chi connectivity index (χ2v) is 4.55. The van der Waals surface area contributed by atoms with Crippen LogP contribution in [0.3, 0.4) is 0 Å². The molecule has 0 saturated carbocycles. The molecule has 0 atom stereocenters. The lowest BCUT2D eigenvalue weighted by Crippen LogP contribution is -2.11. The molecule has 112 valence electrons. The van der Waals surface area contributed by atoms with Gasteiger partial charge in [0.05, 0.1) is 5.69 Å². The van der Waals surface area contributed by atoms with Gasteiger partial charge >= 0.3 is 6.18 Å². The highest BCUT2D eigenvalue weighted by Crippen LogP contribution is 2.32. The van der Waals surface area contributed by atoms with E-state index >= 15 is 0 Å². The van der Waals surface area contributed by atoms with Gasteiger partial charge in [-0.25, -0.2) is 4.68 Å². The number of hydrogen-bond acceptors (Lipinski definition) is 3. The monoisotopic (exact) mass is 298 g/mol. The van der Waals surface area contributed by atoms with Crippen LogP contribution >= 0.6 is 0 Å². The Morgan fingerprint density at radius 3 is 2.57 bits per heavy atom. The SMILES string of the molecule is CC(=O)COc1cc(C(F)(F)F)nn1-c1ccccc1C. The summed E-state index contributed by atoms with van der Waals surface area (Å²) < 4.78 is 44.6. The largest absolute Gasteiger partial charge is 0.470 e. The third kappa shape index (κ3) is 3.42. The molecule has 0 saturated heterocycles. The van der Waals surface area contributed by atoms with Crippen LogP contribution in [-0.2, 0) is 11.0 Å². The van der Waals surface area contributed by atoms with Crippen LogP contribution in [-0.4, -0.2) is 22.2 Å². The predicted molar refractivity (Wildman–Crippen MR) is 69.5 cm³/mol. The number of para-hydroxylation sites is 1. The summed E-state index contributed by atoms with van der Waals surface area (Å²) in [5.74, 6) is -0.409. The van der Waals surface area contributed by atoms with E-state index in [1.807, 2.05) is 0 Å². The van der Waals surface area contributed by atoms with Crippen molar-refractivity contribution in [2.24, 2.45) is 0 Å². The van der Waals surface area contributed by atoms with Crippen LogP contribution in [0.5, 0.6) is 5.88 Å². The van der Waals surface area contributed by atoms with E-state index in [1.165, 1.54) is 6.92 Å². The molecule has 2 aromatic rings. The molecule has 1 aromatic carbocycles. The highest BCUT2D eigenvalue weighted by Gasteiger charge is 2.35. The van der Waals surface area contributed by atoms with E-state index in [0.717, 1.165) is 16.3 Å². The minimum Gasteiger partial charge on any atom is -0.470 e. The number of ketones is 1. The molecular formula is C14H13F3N2O2. The highest BCUT2D eigenvalue weighted by atomic mass is 19.4. The van der Waals surface area contributed by atoms with Crippen molar-refractivity contribution >= 4 is 5.78 Å². The number of Topliss-reactive ketones (excluding diaryl/α,β-unsaturated/α-hetero) is 1. The Morgan fingerprint density at radius 1 is 1.33 bits per heavy atom. The standard InChI is InChI=1S/C14H13F3N2O2/c1-9-5-3-4-6-11(9)19-13(21-8-10(2)20)7-12(18-19)14(15,16)17/h3-7H,8H2,1-2H3. The summed E-state index contributed by atoms with van der Waals surface area (Å²) in [5, 5.41) is 3.55. The summed E-state index contributed by atoms with van der Waals surface area (Å²) in [6.45, 7) is 2.73. The molecule has 1 heterocycles. The van der Waals surface area contributed by atoms with Gasteiger partial charge in [0.1, 0.15) is 6.61 Å². The number of carbonyl (C=O) groups is 1. The van der Waals surface area contributed by atoms with Crippen molar-refractivity contribution in [1.29, 1.82) is 0 Å². The fourth-order valence-electron chi connectivity index (χ4n) is 1.75. The molecule has 0 amide bonds. The second-order valence-electron chi connectivity index (χ2n) is 4.55. The normalized spacial score (nSPS) is 11.5. The zero-order chi connectivity index (χ0) is 15.6. The topological polar surface area (TPSA) is 44.1 Å². The van der Waals surface area contributed by atoms with Crippen LogP contribution in [0.25, 0.3) is 5.69 Å². The van der Waals surface area contributed by atoms with Gasteiger partial charge < -0.3 is 4.74 Å². The summed E-state index contributed by atoms with van der Waals surface area (Å²) in [6.07, 6.45) is -4.58. The van der Waals surface area contributed by atoms with Crippen LogP contribution in [0.4, 0.5) is 13.2 Å². The summed E-state index contributed by atoms with van der Waals surface area (Å²) >= 11 is 0. The molecule has 0 N–H and O–H groups in total. The predicted octanol–water partition coefficient (Wildman–Crippen LogP) is 3.17. The molecule has 1 aromatic heterocycles. The van der Waals surface area contributed by atoms with E-state index in [0.29, 0.717) is 5.69 Å². The first-order valence-corrected chi connectivity index (χ1v) is 6.14. The van der Waals surface area contributed by atoms with Gasteiger partial charge in [-0.2, -0.15) is 18.3 Å². The van der Waals surface area contributed by atoms with Crippen LogP contribution < -0.4 is 4.74 Å². The van der Waals surface area contributed by atoms with Crippen LogP contribution in [0.15, 0.2) is 30.3 Å². The van der Waals surface area contributed by atoms with Crippen molar-refractivity contribution in [3.05, 3.63) is 41.6 Å². The third-order valence-electron chi connectivity index (χ3n) is 2.73. The Labute approximate surface area is 119 Å². The first-order chi connectivity index (χ1) is 9.79. The lowest BCUT2D eigenvalue weighted by molar-refractivity contribution is -0.141. The van der Waals surface area contributed by atoms with Crippen molar-refractivity contribution in [3.63, 3.8) is 0 Å². The first kappa shape index (κ1) is 15.1. The number of aromatic nitrogens is 2. The van der Waals surface area contributed by atoms with Crippen molar-refractivity contribution in [2.45, 2.75) is 20.0 Å². The Kier molecular flexibility index (Phi) is 4.02. The zero-order valence-corrected chi connectivity index (χ0v) is 11.4. The number of carbonyl (C=O) groups excluding carboxylic acids is 1. The molecule has 0 radical (unpaired) electrons. The molecule has 0 bridgehead atoms. The number of rotatable bonds is 4. The molecule has 7 heteroatoms. The molecular weight excluding hydrogens is 285 g/mol. The van der Waals surface area contributed by atoms with E-state index in [-0.39, 0.29) is 18.3 Å². The molecule has 0 fully saturated rings. The average Bonchev–Trinajstić information content (AvgIpc) is 2.80. The summed E-state index contributed by atoms with van der Waals surface area (Å²) in [4.78, 5) is 11.0. The molecule has 0 spiro atoms. The summed E-state index contributed by atoms with van der Waals surface area (Å²) in [7, 11) is 0. The third-order valence-corrected chi connectivity index (χ3v) is 2.73. The Balaban J connectivity index is 2.49. The fraction of sp³-hybridized carbons (Fsp3) is 0.286. The van der Waals surface area contributed by atoms with E-state index in [2.05, 4.69) is 5.10 Å². The lowest BCUT2D eigenvalue weighted by Gasteiger charge is -2.10. The smallest absolute Gasteiger partial charge is 0.435 e. The molecule has 2 rings (SSSR count). The van der Waals surface area contributed by atoms with Crippen LogP contribution in [0, 0.1) is 6.92 Å². The highest BCUT2D eigenvalue weighted by molar-refractivity contribution is 5.77. The Hall–Kier alpha value is -2.31. The van der Waals surface area contributed by atoms with E-state index in [4.69, 9.17) is 4.74 Å². The van der Waals surface area contributed by atoms with Gasteiger partial charge in [-0.3, -0.25) is 4.79 Å². The van der Waals surface area contributed by atoms with Gasteiger partial charge in [0.2, 0.25) is 5.88 Å². The van der Waals surface area contributed by atoms with E-state index < -0.39 is 11.9 Å². The number of nitrogens with zero attached hydrogens (tertiary/aromatic N) is 2. The quantitative estimate of drug-likeness (QED) is 0.871. The molecule has 0 unspecified atom stereocenters. The van der Waals surface area contributed by atoms with Crippen LogP contribution in [0.1, 0.15) is 18.2 Å². The number of halogens is 3. The first-order valence-electron chi connectivity index (χ1n) is 6.14. The number of benzene rings is 1. The molecule has 4 nitrogen and oxygen atoms in total. The van der Waals surface area contributed by atoms with Crippen molar-refractivity contribution in [3.8, 4) is 11.6 Å². The molecule has 0 aliphatic carbocycles. The van der Waals surface area contributed by atoms with Crippen molar-refractivity contribution in [2.75, 3.05) is 6.61 Å². The molecule has 0 aliphatic rings. The molecule has 21 heavy (non-hydrogen) atoms. The van der Waals surface area contributed by atoms with Gasteiger partial charge in [0.15, 0.2) is 11.5 Å². The number of ether oxygens (including phenoxy) is 1. The van der Waals surface area contributed by atoms with Gasteiger partial charge in [0.25, 0.3) is 0 Å². The molecule has 0 aliphatic heterocycles. The van der Waals surface area contributed by atoms with Crippen molar-refractivity contribution < 1.29 is 22.7 Å². The number of aryl methyl sites for hydroxylation is 1. The van der Waals surface area contributed by atoms with Crippen molar-refractivity contribution in [1.82, 2.24) is 9.78 Å². The Bertz CT molecular complexity index is 662. The van der Waals surface area contributed by atoms with Gasteiger partial charge in [-0.05, 0) is 25.5 Å². The fourth-order valence-corrected chi connectivity index (χ4v) is 1.75. The maximum atomic E-state index is 12.8. The van der Waals surface area contributed by atoms with Gasteiger partial charge in [-0.15, -0.1) is 0 Å². The maximum Gasteiger partial charge on any atom is 0.435 e. The zero-order valence-electron chi connectivity index (χ0n) is 11.4. The minimum absolute atomic E-state index is 0.119. The minimum atomic E-state index is -4.58.